The van der Waals surface area contributed by atoms with Crippen LogP contribution in [-0.2, 0) is 38.8 Å². The zero-order chi connectivity index (χ0) is 22.9. The van der Waals surface area contributed by atoms with Gasteiger partial charge in [0.05, 0.1) is 26.4 Å². The molecule has 33 heavy (non-hydrogen) atoms. The highest BCUT2D eigenvalue weighted by atomic mass is 16.7. The Morgan fingerprint density at radius 1 is 0.697 bits per heavy atom. The highest BCUT2D eigenvalue weighted by Gasteiger charge is 2.48. The normalized spacial score (nSPS) is 23.5. The van der Waals surface area contributed by atoms with E-state index in [4.69, 9.17) is 18.9 Å². The van der Waals surface area contributed by atoms with Crippen molar-refractivity contribution in [1.29, 1.82) is 0 Å². The highest BCUT2D eigenvalue weighted by Crippen LogP contribution is 2.28. The van der Waals surface area contributed by atoms with Gasteiger partial charge in [-0.25, -0.2) is 0 Å². The summed E-state index contributed by atoms with van der Waals surface area (Å²) in [5, 5.41) is 20.8. The van der Waals surface area contributed by atoms with Gasteiger partial charge in [-0.15, -0.1) is 0 Å². The molecule has 0 radical (unpaired) electrons. The number of rotatable bonds is 11. The van der Waals surface area contributed by atoms with Gasteiger partial charge in [0, 0.05) is 0 Å². The Kier molecular flexibility index (Phi) is 8.60. The molecule has 0 bridgehead atoms. The van der Waals surface area contributed by atoms with Gasteiger partial charge in [-0.1, -0.05) is 91.0 Å². The maximum atomic E-state index is 10.5. The van der Waals surface area contributed by atoms with Crippen LogP contribution < -0.4 is 0 Å². The molecule has 1 fully saturated rings. The van der Waals surface area contributed by atoms with Crippen molar-refractivity contribution < 1.29 is 29.2 Å². The average molecular weight is 451 g/mol. The third kappa shape index (κ3) is 6.71. The van der Waals surface area contributed by atoms with E-state index in [1.165, 1.54) is 0 Å². The van der Waals surface area contributed by atoms with E-state index in [2.05, 4.69) is 0 Å². The fraction of sp³-hybridized carbons (Fsp3) is 0.333. The standard InChI is InChI=1S/C27H30O6/c28-24-26(32-18-22-14-8-3-9-15-22)25(33-27(24)29)23(31-17-21-12-6-2-7-13-21)19-30-16-20-10-4-1-5-11-20/h1-15,23-29H,16-19H2/t23-,24+,25?,26-,27?/m1/s1. The molecule has 6 nitrogen and oxygen atoms in total. The number of aliphatic hydroxyl groups is 2. The van der Waals surface area contributed by atoms with Crippen molar-refractivity contribution in [1.82, 2.24) is 0 Å². The molecule has 4 rings (SSSR count). The molecule has 2 unspecified atom stereocenters. The van der Waals surface area contributed by atoms with E-state index in [-0.39, 0.29) is 13.2 Å². The summed E-state index contributed by atoms with van der Waals surface area (Å²) in [4.78, 5) is 0. The van der Waals surface area contributed by atoms with Gasteiger partial charge >= 0.3 is 0 Å². The Morgan fingerprint density at radius 3 is 1.79 bits per heavy atom. The van der Waals surface area contributed by atoms with Crippen LogP contribution in [0.1, 0.15) is 16.7 Å². The Bertz CT molecular complexity index is 937. The topological polar surface area (TPSA) is 77.4 Å². The van der Waals surface area contributed by atoms with E-state index in [1.807, 2.05) is 91.0 Å². The summed E-state index contributed by atoms with van der Waals surface area (Å²) >= 11 is 0. The van der Waals surface area contributed by atoms with Crippen LogP contribution in [0.15, 0.2) is 91.0 Å². The minimum atomic E-state index is -1.35. The minimum Gasteiger partial charge on any atom is -0.385 e. The smallest absolute Gasteiger partial charge is 0.184 e. The lowest BCUT2D eigenvalue weighted by atomic mass is 10.1. The van der Waals surface area contributed by atoms with Crippen LogP contribution in [0, 0.1) is 0 Å². The first-order valence-corrected chi connectivity index (χ1v) is 11.1. The first-order valence-electron chi connectivity index (χ1n) is 11.1. The number of hydrogen-bond donors (Lipinski definition) is 2. The Morgan fingerprint density at radius 2 is 1.21 bits per heavy atom. The first kappa shape index (κ1) is 23.6. The monoisotopic (exact) mass is 450 g/mol. The number of hydrogen-bond acceptors (Lipinski definition) is 6. The molecule has 6 heteroatoms. The van der Waals surface area contributed by atoms with E-state index >= 15 is 0 Å². The van der Waals surface area contributed by atoms with E-state index in [0.717, 1.165) is 16.7 Å². The van der Waals surface area contributed by atoms with Crippen molar-refractivity contribution in [3.05, 3.63) is 108 Å². The lowest BCUT2D eigenvalue weighted by Crippen LogP contribution is -2.44. The highest BCUT2D eigenvalue weighted by molar-refractivity contribution is 5.15. The fourth-order valence-electron chi connectivity index (χ4n) is 3.82. The molecule has 3 aromatic carbocycles. The van der Waals surface area contributed by atoms with Gasteiger partial charge in [-0.05, 0) is 16.7 Å². The van der Waals surface area contributed by atoms with Gasteiger partial charge in [-0.2, -0.15) is 0 Å². The molecule has 2 N–H and O–H groups in total. The first-order chi connectivity index (χ1) is 16.2. The van der Waals surface area contributed by atoms with Crippen molar-refractivity contribution >= 4 is 0 Å². The summed E-state index contributed by atoms with van der Waals surface area (Å²) in [6, 6.07) is 29.3. The number of ether oxygens (including phenoxy) is 4. The van der Waals surface area contributed by atoms with Gasteiger partial charge in [0.2, 0.25) is 0 Å². The summed E-state index contributed by atoms with van der Waals surface area (Å²) in [5.41, 5.74) is 3.02. The zero-order valence-corrected chi connectivity index (χ0v) is 18.4. The Labute approximate surface area is 194 Å². The molecule has 3 aromatic rings. The fourth-order valence-corrected chi connectivity index (χ4v) is 3.82. The predicted molar refractivity (Wildman–Crippen MR) is 123 cm³/mol. The molecule has 5 atom stereocenters. The average Bonchev–Trinajstić information content (AvgIpc) is 3.15. The van der Waals surface area contributed by atoms with Crippen LogP contribution >= 0.6 is 0 Å². The number of aliphatic hydroxyl groups excluding tert-OH is 2. The van der Waals surface area contributed by atoms with Gasteiger partial charge < -0.3 is 29.2 Å². The second-order valence-corrected chi connectivity index (χ2v) is 8.08. The Balaban J connectivity index is 1.44. The molecule has 0 amide bonds. The van der Waals surface area contributed by atoms with Gasteiger partial charge in [-0.3, -0.25) is 0 Å². The molecule has 1 aliphatic heterocycles. The summed E-state index contributed by atoms with van der Waals surface area (Å²) in [5.74, 6) is 0. The lowest BCUT2D eigenvalue weighted by molar-refractivity contribution is -0.170. The van der Waals surface area contributed by atoms with E-state index in [0.29, 0.717) is 13.2 Å². The SMILES string of the molecule is OC1OC([C@@H](COCc2ccccc2)OCc2ccccc2)[C@H](OCc2ccccc2)[C@@H]1O. The van der Waals surface area contributed by atoms with Crippen molar-refractivity contribution in [2.75, 3.05) is 6.61 Å². The molecule has 0 saturated carbocycles. The predicted octanol–water partition coefficient (Wildman–Crippen LogP) is 3.45. The molecule has 0 spiro atoms. The quantitative estimate of drug-likeness (QED) is 0.466. The van der Waals surface area contributed by atoms with E-state index in [1.54, 1.807) is 0 Å². The van der Waals surface area contributed by atoms with Crippen molar-refractivity contribution in [3.63, 3.8) is 0 Å². The van der Waals surface area contributed by atoms with Crippen LogP contribution in [0.4, 0.5) is 0 Å². The third-order valence-electron chi connectivity index (χ3n) is 5.60. The van der Waals surface area contributed by atoms with Gasteiger partial charge in [0.25, 0.3) is 0 Å². The summed E-state index contributed by atoms with van der Waals surface area (Å²) < 4.78 is 23.8. The summed E-state index contributed by atoms with van der Waals surface area (Å²) in [7, 11) is 0. The molecule has 1 aliphatic rings. The van der Waals surface area contributed by atoms with Crippen molar-refractivity contribution in [2.24, 2.45) is 0 Å². The molecular formula is C27H30O6. The number of benzene rings is 3. The molecule has 1 heterocycles. The molecule has 1 saturated heterocycles. The lowest BCUT2D eigenvalue weighted by Gasteiger charge is -2.28. The molecular weight excluding hydrogens is 420 g/mol. The minimum absolute atomic E-state index is 0.219. The third-order valence-corrected chi connectivity index (χ3v) is 5.60. The largest absolute Gasteiger partial charge is 0.385 e. The van der Waals surface area contributed by atoms with Crippen LogP contribution in [0.2, 0.25) is 0 Å². The van der Waals surface area contributed by atoms with Crippen LogP contribution in [0.5, 0.6) is 0 Å². The van der Waals surface area contributed by atoms with Gasteiger partial charge in [0.15, 0.2) is 6.29 Å². The maximum Gasteiger partial charge on any atom is 0.184 e. The maximum absolute atomic E-state index is 10.5. The van der Waals surface area contributed by atoms with Crippen molar-refractivity contribution in [2.45, 2.75) is 50.5 Å². The molecule has 174 valence electrons. The Hall–Kier alpha value is -2.58. The molecule has 0 aromatic heterocycles. The summed E-state index contributed by atoms with van der Waals surface area (Å²) in [6.45, 7) is 1.26. The van der Waals surface area contributed by atoms with Crippen molar-refractivity contribution in [3.8, 4) is 0 Å². The van der Waals surface area contributed by atoms with Crippen LogP contribution in [0.3, 0.4) is 0 Å². The summed E-state index contributed by atoms with van der Waals surface area (Å²) in [6.07, 6.45) is -4.55. The van der Waals surface area contributed by atoms with E-state index < -0.39 is 30.7 Å². The van der Waals surface area contributed by atoms with Gasteiger partial charge in [0.1, 0.15) is 24.4 Å². The second kappa shape index (κ2) is 12.0. The second-order valence-electron chi connectivity index (χ2n) is 8.08. The van der Waals surface area contributed by atoms with Crippen LogP contribution in [0.25, 0.3) is 0 Å². The van der Waals surface area contributed by atoms with E-state index in [9.17, 15) is 10.2 Å². The molecule has 0 aliphatic carbocycles. The van der Waals surface area contributed by atoms with Crippen LogP contribution in [-0.4, -0.2) is 47.5 Å². The zero-order valence-electron chi connectivity index (χ0n) is 18.4.